The van der Waals surface area contributed by atoms with E-state index in [1.165, 1.54) is 0 Å². The van der Waals surface area contributed by atoms with Crippen LogP contribution >= 0.6 is 0 Å². The van der Waals surface area contributed by atoms with Crippen LogP contribution in [-0.4, -0.2) is 44.4 Å². The Hall–Kier alpha value is -0.170. The van der Waals surface area contributed by atoms with E-state index in [-0.39, 0.29) is 6.04 Å². The molecule has 2 rings (SSSR count). The highest BCUT2D eigenvalue weighted by molar-refractivity contribution is 7.87. The summed E-state index contributed by atoms with van der Waals surface area (Å²) >= 11 is 0. The third-order valence-corrected chi connectivity index (χ3v) is 5.95. The lowest BCUT2D eigenvalue weighted by atomic mass is 9.99. The van der Waals surface area contributed by atoms with Crippen LogP contribution in [0.25, 0.3) is 0 Å². The summed E-state index contributed by atoms with van der Waals surface area (Å²) in [5.41, 5.74) is 0. The van der Waals surface area contributed by atoms with Crippen molar-refractivity contribution in [3.8, 4) is 0 Å². The molecule has 0 aromatic heterocycles. The minimum Gasteiger partial charge on any atom is -0.314 e. The highest BCUT2D eigenvalue weighted by Gasteiger charge is 2.31. The lowest BCUT2D eigenvalue weighted by Crippen LogP contribution is -2.50. The summed E-state index contributed by atoms with van der Waals surface area (Å²) in [4.78, 5) is 0. The van der Waals surface area contributed by atoms with Crippen LogP contribution in [0.3, 0.4) is 0 Å². The summed E-state index contributed by atoms with van der Waals surface area (Å²) in [6, 6.07) is 0.618. The lowest BCUT2D eigenvalue weighted by Gasteiger charge is -2.33. The van der Waals surface area contributed by atoms with E-state index in [0.29, 0.717) is 25.0 Å². The average molecular weight is 303 g/mol. The van der Waals surface area contributed by atoms with Crippen LogP contribution in [0.1, 0.15) is 52.4 Å². The maximum absolute atomic E-state index is 12.4. The number of hydrogen-bond donors (Lipinski definition) is 2. The predicted octanol–water partition coefficient (Wildman–Crippen LogP) is 1.47. The molecule has 1 aliphatic carbocycles. The normalized spacial score (nSPS) is 26.4. The number of nitrogens with zero attached hydrogens (tertiary/aromatic N) is 1. The fraction of sp³-hybridized carbons (Fsp3) is 1.00. The maximum Gasteiger partial charge on any atom is 0.279 e. The molecule has 2 aliphatic rings. The highest BCUT2D eigenvalue weighted by Crippen LogP contribution is 2.22. The molecule has 2 fully saturated rings. The second-order valence-electron chi connectivity index (χ2n) is 6.53. The van der Waals surface area contributed by atoms with Gasteiger partial charge in [-0.15, -0.1) is 0 Å². The van der Waals surface area contributed by atoms with Crippen molar-refractivity contribution in [2.45, 2.75) is 64.5 Å². The molecule has 1 heterocycles. The summed E-state index contributed by atoms with van der Waals surface area (Å²) in [6.45, 7) is 6.48. The van der Waals surface area contributed by atoms with Gasteiger partial charge in [0.25, 0.3) is 10.2 Å². The number of nitrogens with one attached hydrogen (secondary N) is 2. The van der Waals surface area contributed by atoms with Crippen LogP contribution in [0.15, 0.2) is 0 Å². The summed E-state index contributed by atoms with van der Waals surface area (Å²) < 4.78 is 29.4. The molecule has 1 saturated carbocycles. The van der Waals surface area contributed by atoms with Crippen molar-refractivity contribution >= 4 is 10.2 Å². The van der Waals surface area contributed by atoms with Gasteiger partial charge in [-0.1, -0.05) is 26.7 Å². The van der Waals surface area contributed by atoms with Crippen molar-refractivity contribution in [2.75, 3.05) is 19.6 Å². The van der Waals surface area contributed by atoms with Gasteiger partial charge in [0.2, 0.25) is 0 Å². The quantitative estimate of drug-likeness (QED) is 0.781. The molecule has 118 valence electrons. The second-order valence-corrected chi connectivity index (χ2v) is 8.24. The first-order valence-electron chi connectivity index (χ1n) is 7.98. The molecule has 0 amide bonds. The van der Waals surface area contributed by atoms with Crippen LogP contribution in [0.2, 0.25) is 0 Å². The number of piperidine rings is 1. The lowest BCUT2D eigenvalue weighted by molar-refractivity contribution is 0.253. The Kier molecular flexibility index (Phi) is 5.84. The van der Waals surface area contributed by atoms with Crippen LogP contribution in [0.5, 0.6) is 0 Å². The van der Waals surface area contributed by atoms with E-state index in [1.54, 1.807) is 4.31 Å². The molecule has 2 N–H and O–H groups in total. The fourth-order valence-corrected chi connectivity index (χ4v) is 4.73. The van der Waals surface area contributed by atoms with Gasteiger partial charge in [-0.3, -0.25) is 0 Å². The van der Waals surface area contributed by atoms with E-state index in [0.717, 1.165) is 45.1 Å². The third kappa shape index (κ3) is 4.69. The molecule has 1 aliphatic heterocycles. The zero-order chi connectivity index (χ0) is 14.6. The summed E-state index contributed by atoms with van der Waals surface area (Å²) in [6.07, 6.45) is 6.37. The van der Waals surface area contributed by atoms with Crippen molar-refractivity contribution in [1.82, 2.24) is 14.3 Å². The molecule has 0 spiro atoms. The minimum absolute atomic E-state index is 0.161. The molecule has 0 radical (unpaired) electrons. The van der Waals surface area contributed by atoms with Gasteiger partial charge in [0.1, 0.15) is 0 Å². The Morgan fingerprint density at radius 1 is 1.15 bits per heavy atom. The van der Waals surface area contributed by atoms with E-state index in [4.69, 9.17) is 0 Å². The molecule has 5 nitrogen and oxygen atoms in total. The van der Waals surface area contributed by atoms with Gasteiger partial charge < -0.3 is 5.32 Å². The largest absolute Gasteiger partial charge is 0.314 e. The minimum atomic E-state index is -3.28. The predicted molar refractivity (Wildman–Crippen MR) is 81.7 cm³/mol. The smallest absolute Gasteiger partial charge is 0.279 e. The first kappa shape index (κ1) is 16.2. The number of rotatable bonds is 6. The van der Waals surface area contributed by atoms with Crippen molar-refractivity contribution in [3.63, 3.8) is 0 Å². The SMILES string of the molecule is CC(C)NCC1CCCN(S(=O)(=O)NC2CCCC2)C1. The second kappa shape index (κ2) is 7.20. The molecular formula is C14H29N3O2S. The zero-order valence-electron chi connectivity index (χ0n) is 12.8. The van der Waals surface area contributed by atoms with Gasteiger partial charge in [-0.25, -0.2) is 0 Å². The molecule has 1 unspecified atom stereocenters. The van der Waals surface area contributed by atoms with Crippen LogP contribution in [0, 0.1) is 5.92 Å². The number of hydrogen-bond acceptors (Lipinski definition) is 3. The van der Waals surface area contributed by atoms with Crippen molar-refractivity contribution < 1.29 is 8.42 Å². The molecule has 0 aromatic carbocycles. The van der Waals surface area contributed by atoms with E-state index in [9.17, 15) is 8.42 Å². The van der Waals surface area contributed by atoms with Gasteiger partial charge in [0, 0.05) is 25.2 Å². The topological polar surface area (TPSA) is 61.4 Å². The Balaban J connectivity index is 1.86. The Bertz CT molecular complexity index is 391. The van der Waals surface area contributed by atoms with Gasteiger partial charge in [0.05, 0.1) is 0 Å². The summed E-state index contributed by atoms with van der Waals surface area (Å²) in [7, 11) is -3.28. The molecular weight excluding hydrogens is 274 g/mol. The van der Waals surface area contributed by atoms with Gasteiger partial charge in [0.15, 0.2) is 0 Å². The van der Waals surface area contributed by atoms with Gasteiger partial charge in [-0.05, 0) is 38.1 Å². The zero-order valence-corrected chi connectivity index (χ0v) is 13.6. The monoisotopic (exact) mass is 303 g/mol. The summed E-state index contributed by atoms with van der Waals surface area (Å²) in [5, 5.41) is 3.42. The van der Waals surface area contributed by atoms with Crippen molar-refractivity contribution in [3.05, 3.63) is 0 Å². The first-order chi connectivity index (χ1) is 9.47. The molecule has 20 heavy (non-hydrogen) atoms. The van der Waals surface area contributed by atoms with Crippen LogP contribution < -0.4 is 10.0 Å². The fourth-order valence-electron chi connectivity index (χ4n) is 3.14. The van der Waals surface area contributed by atoms with E-state index >= 15 is 0 Å². The van der Waals surface area contributed by atoms with Crippen LogP contribution in [-0.2, 0) is 10.2 Å². The molecule has 0 bridgehead atoms. The first-order valence-corrected chi connectivity index (χ1v) is 9.42. The Morgan fingerprint density at radius 3 is 2.50 bits per heavy atom. The van der Waals surface area contributed by atoms with E-state index < -0.39 is 10.2 Å². The van der Waals surface area contributed by atoms with E-state index in [1.807, 2.05) is 0 Å². The van der Waals surface area contributed by atoms with Gasteiger partial charge in [-0.2, -0.15) is 17.4 Å². The van der Waals surface area contributed by atoms with Crippen molar-refractivity contribution in [1.29, 1.82) is 0 Å². The highest BCUT2D eigenvalue weighted by atomic mass is 32.2. The molecule has 0 aromatic rings. The van der Waals surface area contributed by atoms with E-state index in [2.05, 4.69) is 23.9 Å². The Morgan fingerprint density at radius 2 is 1.85 bits per heavy atom. The molecule has 1 atom stereocenters. The average Bonchev–Trinajstić information content (AvgIpc) is 2.89. The Labute approximate surface area is 123 Å². The van der Waals surface area contributed by atoms with Crippen molar-refractivity contribution in [2.24, 2.45) is 5.92 Å². The summed E-state index contributed by atoms with van der Waals surface area (Å²) in [5.74, 6) is 0.436. The molecule has 6 heteroatoms. The van der Waals surface area contributed by atoms with Gasteiger partial charge >= 0.3 is 0 Å². The standard InChI is InChI=1S/C14H29N3O2S/c1-12(2)15-10-13-6-5-9-17(11-13)20(18,19)16-14-7-3-4-8-14/h12-16H,3-11H2,1-2H3. The maximum atomic E-state index is 12.4. The molecule has 1 saturated heterocycles. The van der Waals surface area contributed by atoms with Crippen LogP contribution in [0.4, 0.5) is 0 Å². The third-order valence-electron chi connectivity index (χ3n) is 4.31.